The molecule has 0 spiro atoms. The molecule has 1 aromatic heterocycles. The fraction of sp³-hybridized carbons (Fsp3) is 0.480. The van der Waals surface area contributed by atoms with Crippen LogP contribution in [0.2, 0.25) is 0 Å². The molecule has 0 radical (unpaired) electrons. The van der Waals surface area contributed by atoms with E-state index >= 15 is 0 Å². The van der Waals surface area contributed by atoms with Crippen LogP contribution in [0.15, 0.2) is 42.5 Å². The van der Waals surface area contributed by atoms with Crippen molar-refractivity contribution in [3.8, 4) is 11.3 Å². The van der Waals surface area contributed by atoms with Gasteiger partial charge in [0.15, 0.2) is 0 Å². The fourth-order valence-corrected chi connectivity index (χ4v) is 4.62. The van der Waals surface area contributed by atoms with Crippen molar-refractivity contribution in [2.24, 2.45) is 5.73 Å². The third-order valence-electron chi connectivity index (χ3n) is 6.57. The highest BCUT2D eigenvalue weighted by Crippen LogP contribution is 2.26. The van der Waals surface area contributed by atoms with Crippen LogP contribution < -0.4 is 5.73 Å². The number of hydrogen-bond donors (Lipinski definition) is 1. The molecule has 2 aromatic rings. The Hall–Kier alpha value is -2.77. The second kappa shape index (κ2) is 10.2. The molecular formula is C25H32N4O3. The number of likely N-dealkylation sites (N-methyl/N-ethyl adjacent to an activating group) is 1. The Kier molecular flexibility index (Phi) is 7.17. The van der Waals surface area contributed by atoms with Crippen molar-refractivity contribution in [2.45, 2.75) is 44.2 Å². The van der Waals surface area contributed by atoms with Crippen molar-refractivity contribution in [2.75, 3.05) is 33.3 Å². The zero-order valence-corrected chi connectivity index (χ0v) is 18.7. The highest BCUT2D eigenvalue weighted by molar-refractivity contribution is 5.94. The van der Waals surface area contributed by atoms with Crippen molar-refractivity contribution >= 4 is 11.8 Å². The van der Waals surface area contributed by atoms with Gasteiger partial charge < -0.3 is 15.4 Å². The van der Waals surface area contributed by atoms with E-state index in [1.165, 1.54) is 19.3 Å². The molecule has 32 heavy (non-hydrogen) atoms. The number of amides is 2. The number of hydrogen-bond acceptors (Lipinski definition) is 5. The number of carbonyl (C=O) groups excluding carboxylic acids is 2. The largest absolute Gasteiger partial charge is 0.369 e. The first kappa shape index (κ1) is 22.4. The molecule has 0 bridgehead atoms. The highest BCUT2D eigenvalue weighted by Gasteiger charge is 2.28. The summed E-state index contributed by atoms with van der Waals surface area (Å²) in [6.07, 6.45) is 5.74. The molecule has 1 saturated heterocycles. The van der Waals surface area contributed by atoms with Gasteiger partial charge in [-0.25, -0.2) is 0 Å². The molecule has 1 aliphatic heterocycles. The Labute approximate surface area is 189 Å². The van der Waals surface area contributed by atoms with Crippen LogP contribution >= 0.6 is 0 Å². The molecule has 4 rings (SSSR count). The minimum absolute atomic E-state index is 0.183. The summed E-state index contributed by atoms with van der Waals surface area (Å²) in [5, 5.41) is 0. The van der Waals surface area contributed by atoms with Crippen LogP contribution in [-0.2, 0) is 9.53 Å². The molecule has 1 saturated carbocycles. The number of rotatable bonds is 6. The number of nitrogens with two attached hydrogens (primary N) is 1. The normalized spacial score (nSPS) is 20.1. The molecule has 170 valence electrons. The lowest BCUT2D eigenvalue weighted by molar-refractivity contribution is -0.135. The fourth-order valence-electron chi connectivity index (χ4n) is 4.62. The van der Waals surface area contributed by atoms with E-state index in [1.54, 1.807) is 18.2 Å². The van der Waals surface area contributed by atoms with Gasteiger partial charge in [0.05, 0.1) is 24.5 Å². The maximum atomic E-state index is 12.9. The minimum atomic E-state index is -0.461. The summed E-state index contributed by atoms with van der Waals surface area (Å²) in [5.74, 6) is -0.278. The van der Waals surface area contributed by atoms with E-state index in [4.69, 9.17) is 15.5 Å². The Morgan fingerprint density at radius 1 is 1.16 bits per heavy atom. The Morgan fingerprint density at radius 2 is 1.94 bits per heavy atom. The zero-order chi connectivity index (χ0) is 22.5. The number of benzene rings is 1. The maximum Gasteiger partial charge on any atom is 0.248 e. The van der Waals surface area contributed by atoms with Gasteiger partial charge in [-0.1, -0.05) is 37.5 Å². The van der Waals surface area contributed by atoms with E-state index in [0.29, 0.717) is 31.3 Å². The topological polar surface area (TPSA) is 88.8 Å². The van der Waals surface area contributed by atoms with Crippen LogP contribution in [0.5, 0.6) is 0 Å². The summed E-state index contributed by atoms with van der Waals surface area (Å²) in [4.78, 5) is 33.3. The van der Waals surface area contributed by atoms with Gasteiger partial charge >= 0.3 is 0 Å². The van der Waals surface area contributed by atoms with E-state index in [9.17, 15) is 9.59 Å². The van der Waals surface area contributed by atoms with Gasteiger partial charge in [0.2, 0.25) is 11.8 Å². The molecule has 1 atom stereocenters. The first-order valence-electron chi connectivity index (χ1n) is 11.5. The van der Waals surface area contributed by atoms with Crippen LogP contribution in [0.4, 0.5) is 0 Å². The van der Waals surface area contributed by atoms with Crippen LogP contribution in [0, 0.1) is 0 Å². The quantitative estimate of drug-likeness (QED) is 0.752. The van der Waals surface area contributed by atoms with Crippen molar-refractivity contribution in [3.63, 3.8) is 0 Å². The molecule has 2 amide bonds. The highest BCUT2D eigenvalue weighted by atomic mass is 16.5. The van der Waals surface area contributed by atoms with Crippen LogP contribution in [0.3, 0.4) is 0 Å². The number of morpholine rings is 1. The predicted molar refractivity (Wildman–Crippen MR) is 123 cm³/mol. The zero-order valence-electron chi connectivity index (χ0n) is 18.7. The van der Waals surface area contributed by atoms with Gasteiger partial charge in [-0.05, 0) is 37.1 Å². The number of ether oxygens (including phenoxy) is 1. The summed E-state index contributed by atoms with van der Waals surface area (Å²) in [7, 11) is 1.95. The molecule has 1 aromatic carbocycles. The predicted octanol–water partition coefficient (Wildman–Crippen LogP) is 3.01. The van der Waals surface area contributed by atoms with E-state index in [2.05, 4.69) is 4.90 Å². The first-order valence-corrected chi connectivity index (χ1v) is 11.5. The van der Waals surface area contributed by atoms with Crippen LogP contribution in [0.25, 0.3) is 11.3 Å². The first-order chi connectivity index (χ1) is 15.5. The van der Waals surface area contributed by atoms with Gasteiger partial charge in [-0.15, -0.1) is 0 Å². The number of pyridine rings is 1. The monoisotopic (exact) mass is 436 g/mol. The summed E-state index contributed by atoms with van der Waals surface area (Å²) in [5.41, 5.74) is 8.29. The Balaban J connectivity index is 1.42. The van der Waals surface area contributed by atoms with Crippen molar-refractivity contribution in [3.05, 3.63) is 53.7 Å². The Morgan fingerprint density at radius 3 is 2.72 bits per heavy atom. The second-order valence-electron chi connectivity index (χ2n) is 8.78. The molecule has 7 heteroatoms. The molecule has 2 fully saturated rings. The molecule has 2 aliphatic rings. The average molecular weight is 437 g/mol. The summed E-state index contributed by atoms with van der Waals surface area (Å²) in [6.45, 7) is 2.34. The summed E-state index contributed by atoms with van der Waals surface area (Å²) in [6, 6.07) is 13.3. The van der Waals surface area contributed by atoms with E-state index in [-0.39, 0.29) is 12.0 Å². The number of aromatic nitrogens is 1. The molecule has 1 aliphatic carbocycles. The third kappa shape index (κ3) is 5.34. The maximum absolute atomic E-state index is 12.9. The average Bonchev–Trinajstić information content (AvgIpc) is 2.84. The minimum Gasteiger partial charge on any atom is -0.369 e. The van der Waals surface area contributed by atoms with E-state index in [0.717, 1.165) is 36.3 Å². The van der Waals surface area contributed by atoms with Crippen LogP contribution in [-0.4, -0.2) is 65.9 Å². The van der Waals surface area contributed by atoms with Gasteiger partial charge in [0, 0.05) is 37.3 Å². The summed E-state index contributed by atoms with van der Waals surface area (Å²) >= 11 is 0. The van der Waals surface area contributed by atoms with Crippen LogP contribution in [0.1, 0.15) is 54.3 Å². The van der Waals surface area contributed by atoms with Crippen molar-refractivity contribution in [1.29, 1.82) is 0 Å². The lowest BCUT2D eigenvalue weighted by atomic mass is 9.94. The number of carbonyl (C=O) groups is 2. The van der Waals surface area contributed by atoms with Gasteiger partial charge in [-0.3, -0.25) is 19.5 Å². The van der Waals surface area contributed by atoms with Gasteiger partial charge in [0.25, 0.3) is 0 Å². The molecule has 1 unspecified atom stereocenters. The van der Waals surface area contributed by atoms with E-state index < -0.39 is 5.91 Å². The van der Waals surface area contributed by atoms with E-state index in [1.807, 2.05) is 36.2 Å². The number of primary amides is 1. The standard InChI is InChI=1S/C25H32N4O3/c1-28(20-9-3-2-4-10-20)24(30)17-29-13-14-32-23(16-29)22-12-6-11-21(27-22)18-7-5-8-19(15-18)25(26)31/h5-8,11-12,15,20,23H,2-4,9-10,13-14,16-17H2,1H3,(H2,26,31). The third-order valence-corrected chi connectivity index (χ3v) is 6.57. The number of nitrogens with zero attached hydrogens (tertiary/aromatic N) is 3. The molecule has 2 N–H and O–H groups in total. The SMILES string of the molecule is CN(C(=O)CN1CCOC(c2cccc(-c3cccc(C(N)=O)c3)n2)C1)C1CCCCC1. The Bertz CT molecular complexity index is 958. The molecule has 2 heterocycles. The smallest absolute Gasteiger partial charge is 0.248 e. The lowest BCUT2D eigenvalue weighted by Gasteiger charge is -2.36. The van der Waals surface area contributed by atoms with Gasteiger partial charge in [0.1, 0.15) is 6.10 Å². The van der Waals surface area contributed by atoms with Crippen molar-refractivity contribution in [1.82, 2.24) is 14.8 Å². The second-order valence-corrected chi connectivity index (χ2v) is 8.78. The lowest BCUT2D eigenvalue weighted by Crippen LogP contribution is -2.47. The molecular weight excluding hydrogens is 404 g/mol. The van der Waals surface area contributed by atoms with Crippen molar-refractivity contribution < 1.29 is 14.3 Å². The summed E-state index contributed by atoms with van der Waals surface area (Å²) < 4.78 is 6.00. The molecule has 7 nitrogen and oxygen atoms in total. The van der Waals surface area contributed by atoms with Gasteiger partial charge in [-0.2, -0.15) is 0 Å².